The highest BCUT2D eigenvalue weighted by Gasteiger charge is 2.24. The van der Waals surface area contributed by atoms with Crippen molar-refractivity contribution in [2.24, 2.45) is 10.9 Å². The minimum absolute atomic E-state index is 0.151. The van der Waals surface area contributed by atoms with Crippen LogP contribution in [-0.2, 0) is 17.8 Å². The van der Waals surface area contributed by atoms with E-state index in [0.29, 0.717) is 18.4 Å². The summed E-state index contributed by atoms with van der Waals surface area (Å²) in [5.74, 6) is 1.63. The number of hydrogen-bond acceptors (Lipinski definition) is 3. The number of hydrogen-bond donors (Lipinski definition) is 2. The summed E-state index contributed by atoms with van der Waals surface area (Å²) in [5.41, 5.74) is 2.96. The Balaban J connectivity index is 1.45. The maximum atomic E-state index is 11.6. The molecule has 6 heteroatoms. The number of benzene rings is 1. The Labute approximate surface area is 169 Å². The fourth-order valence-electron chi connectivity index (χ4n) is 4.31. The van der Waals surface area contributed by atoms with Crippen molar-refractivity contribution in [1.29, 1.82) is 0 Å². The second-order valence-corrected chi connectivity index (χ2v) is 8.07. The van der Waals surface area contributed by atoms with Crippen LogP contribution in [0.4, 0.5) is 0 Å². The van der Waals surface area contributed by atoms with Crippen molar-refractivity contribution in [3.63, 3.8) is 0 Å². The number of aliphatic imine (C=N–C) groups is 1. The first-order valence-corrected chi connectivity index (χ1v) is 10.6. The third kappa shape index (κ3) is 5.25. The number of nitrogens with zero attached hydrogens (tertiary/aromatic N) is 3. The summed E-state index contributed by atoms with van der Waals surface area (Å²) >= 11 is 0. The van der Waals surface area contributed by atoms with E-state index in [-0.39, 0.29) is 5.91 Å². The Kier molecular flexibility index (Phi) is 7.31. The maximum absolute atomic E-state index is 11.6. The second kappa shape index (κ2) is 9.92. The monoisotopic (exact) mass is 385 g/mol. The lowest BCUT2D eigenvalue weighted by Crippen LogP contribution is -2.50. The van der Waals surface area contributed by atoms with Gasteiger partial charge in [0.25, 0.3) is 0 Å². The highest BCUT2D eigenvalue weighted by atomic mass is 16.1. The molecule has 1 atom stereocenters. The van der Waals surface area contributed by atoms with Gasteiger partial charge in [0.1, 0.15) is 0 Å². The van der Waals surface area contributed by atoms with Crippen LogP contribution in [0.15, 0.2) is 29.3 Å². The van der Waals surface area contributed by atoms with Gasteiger partial charge in [-0.3, -0.25) is 14.7 Å². The summed E-state index contributed by atoms with van der Waals surface area (Å²) in [6.45, 7) is 7.27. The highest BCUT2D eigenvalue weighted by Crippen LogP contribution is 2.21. The van der Waals surface area contributed by atoms with Crippen molar-refractivity contribution in [3.8, 4) is 0 Å². The molecule has 0 radical (unpaired) electrons. The molecular weight excluding hydrogens is 350 g/mol. The molecule has 6 nitrogen and oxygen atoms in total. The van der Waals surface area contributed by atoms with Gasteiger partial charge in [0.2, 0.25) is 5.91 Å². The quantitative estimate of drug-likeness (QED) is 0.600. The number of piperidine rings is 1. The van der Waals surface area contributed by atoms with Gasteiger partial charge >= 0.3 is 0 Å². The van der Waals surface area contributed by atoms with Crippen molar-refractivity contribution >= 4 is 11.9 Å². The number of carbonyl (C=O) groups excluding carboxylic acids is 1. The largest absolute Gasteiger partial charge is 0.359 e. The van der Waals surface area contributed by atoms with Crippen LogP contribution in [0.1, 0.15) is 37.3 Å². The molecule has 1 amide bonds. The molecule has 3 rings (SSSR count). The molecule has 0 aliphatic carbocycles. The Morgan fingerprint density at radius 3 is 2.61 bits per heavy atom. The van der Waals surface area contributed by atoms with Gasteiger partial charge in [0.05, 0.1) is 0 Å². The van der Waals surface area contributed by atoms with Gasteiger partial charge in [-0.2, -0.15) is 0 Å². The zero-order valence-corrected chi connectivity index (χ0v) is 17.6. The van der Waals surface area contributed by atoms with Crippen molar-refractivity contribution in [2.45, 2.75) is 45.2 Å². The lowest BCUT2D eigenvalue weighted by atomic mass is 9.93. The number of likely N-dealkylation sites (tertiary alicyclic amines) is 1. The molecule has 2 heterocycles. The molecule has 1 saturated heterocycles. The van der Waals surface area contributed by atoms with Gasteiger partial charge in [-0.1, -0.05) is 24.3 Å². The molecule has 1 aromatic rings. The first-order chi connectivity index (χ1) is 13.6. The lowest BCUT2D eigenvalue weighted by Gasteiger charge is -2.36. The van der Waals surface area contributed by atoms with Gasteiger partial charge in [-0.05, 0) is 43.2 Å². The molecule has 28 heavy (non-hydrogen) atoms. The Hall–Kier alpha value is -2.08. The van der Waals surface area contributed by atoms with E-state index in [4.69, 9.17) is 0 Å². The van der Waals surface area contributed by atoms with Crippen molar-refractivity contribution < 1.29 is 4.79 Å². The fraction of sp³-hybridized carbons (Fsp3) is 0.636. The first-order valence-electron chi connectivity index (χ1n) is 10.6. The van der Waals surface area contributed by atoms with E-state index in [1.165, 1.54) is 11.1 Å². The van der Waals surface area contributed by atoms with Crippen molar-refractivity contribution in [3.05, 3.63) is 35.4 Å². The van der Waals surface area contributed by atoms with E-state index < -0.39 is 0 Å². The topological polar surface area (TPSA) is 60.0 Å². The molecule has 0 saturated carbocycles. The second-order valence-electron chi connectivity index (χ2n) is 8.07. The summed E-state index contributed by atoms with van der Waals surface area (Å²) in [4.78, 5) is 21.0. The van der Waals surface area contributed by atoms with E-state index >= 15 is 0 Å². The van der Waals surface area contributed by atoms with Crippen LogP contribution in [0.3, 0.4) is 0 Å². The maximum Gasteiger partial charge on any atom is 0.220 e. The van der Waals surface area contributed by atoms with Gasteiger partial charge in [-0.25, -0.2) is 0 Å². The van der Waals surface area contributed by atoms with E-state index in [1.807, 2.05) is 7.05 Å². The predicted octanol–water partition coefficient (Wildman–Crippen LogP) is 1.86. The van der Waals surface area contributed by atoms with Crippen LogP contribution >= 0.6 is 0 Å². The van der Waals surface area contributed by atoms with E-state index in [9.17, 15) is 4.79 Å². The lowest BCUT2D eigenvalue weighted by molar-refractivity contribution is -0.121. The molecule has 2 aliphatic rings. The van der Waals surface area contributed by atoms with Gasteiger partial charge in [-0.15, -0.1) is 0 Å². The number of rotatable bonds is 5. The number of nitrogens with one attached hydrogen (secondary N) is 2. The molecule has 154 valence electrons. The number of carbonyl (C=O) groups is 1. The molecule has 1 fully saturated rings. The molecular formula is C22H35N5O. The van der Waals surface area contributed by atoms with Crippen LogP contribution in [0, 0.1) is 5.92 Å². The predicted molar refractivity (Wildman–Crippen MR) is 114 cm³/mol. The summed E-state index contributed by atoms with van der Waals surface area (Å²) in [7, 11) is 3.58. The summed E-state index contributed by atoms with van der Waals surface area (Å²) in [6, 6.07) is 9.24. The SMILES string of the molecule is CN=C(NCC(C)N1CCc2ccccc2C1)N1CCC(CC(=O)NC)CC1. The normalized spacial score (nSPS) is 19.8. The van der Waals surface area contributed by atoms with E-state index in [2.05, 4.69) is 56.6 Å². The summed E-state index contributed by atoms with van der Waals surface area (Å²) in [6.07, 6.45) is 3.87. The third-order valence-electron chi connectivity index (χ3n) is 6.22. The molecule has 2 N–H and O–H groups in total. The summed E-state index contributed by atoms with van der Waals surface area (Å²) in [5, 5.41) is 6.32. The fourth-order valence-corrected chi connectivity index (χ4v) is 4.31. The Morgan fingerprint density at radius 2 is 1.93 bits per heavy atom. The smallest absolute Gasteiger partial charge is 0.220 e. The average Bonchev–Trinajstić information content (AvgIpc) is 2.74. The van der Waals surface area contributed by atoms with E-state index in [1.54, 1.807) is 7.05 Å². The Bertz CT molecular complexity index is 681. The number of amides is 1. The molecule has 1 aromatic carbocycles. The van der Waals surface area contributed by atoms with E-state index in [0.717, 1.165) is 57.9 Å². The average molecular weight is 386 g/mol. The van der Waals surface area contributed by atoms with Crippen molar-refractivity contribution in [1.82, 2.24) is 20.4 Å². The van der Waals surface area contributed by atoms with Crippen LogP contribution in [0.25, 0.3) is 0 Å². The molecule has 2 aliphatic heterocycles. The third-order valence-corrected chi connectivity index (χ3v) is 6.22. The van der Waals surface area contributed by atoms with Crippen LogP contribution in [-0.4, -0.2) is 68.0 Å². The van der Waals surface area contributed by atoms with Crippen LogP contribution in [0.2, 0.25) is 0 Å². The zero-order valence-electron chi connectivity index (χ0n) is 17.6. The molecule has 0 aromatic heterocycles. The minimum Gasteiger partial charge on any atom is -0.359 e. The number of guanidine groups is 1. The molecule has 1 unspecified atom stereocenters. The molecule has 0 spiro atoms. The molecule has 0 bridgehead atoms. The first kappa shape index (κ1) is 20.6. The van der Waals surface area contributed by atoms with Crippen molar-refractivity contribution in [2.75, 3.05) is 40.3 Å². The standard InChI is InChI=1S/C22H35N5O/c1-17(27-13-10-19-6-4-5-7-20(19)16-27)15-25-22(24-3)26-11-8-18(9-12-26)14-21(28)23-2/h4-7,17-18H,8-16H2,1-3H3,(H,23,28)(H,24,25). The minimum atomic E-state index is 0.151. The Morgan fingerprint density at radius 1 is 1.21 bits per heavy atom. The highest BCUT2D eigenvalue weighted by molar-refractivity contribution is 5.80. The van der Waals surface area contributed by atoms with Gasteiger partial charge < -0.3 is 15.5 Å². The van der Waals surface area contributed by atoms with Crippen LogP contribution < -0.4 is 10.6 Å². The van der Waals surface area contributed by atoms with Gasteiger partial charge in [0.15, 0.2) is 5.96 Å². The van der Waals surface area contributed by atoms with Gasteiger partial charge in [0, 0.05) is 59.3 Å². The van der Waals surface area contributed by atoms with Crippen LogP contribution in [0.5, 0.6) is 0 Å². The summed E-state index contributed by atoms with van der Waals surface area (Å²) < 4.78 is 0. The number of fused-ring (bicyclic) bond motifs is 1. The zero-order chi connectivity index (χ0) is 19.9.